The van der Waals surface area contributed by atoms with E-state index in [4.69, 9.17) is 5.26 Å². The highest BCUT2D eigenvalue weighted by molar-refractivity contribution is 7.89. The van der Waals surface area contributed by atoms with Gasteiger partial charge < -0.3 is 0 Å². The third-order valence-electron chi connectivity index (χ3n) is 0.585. The Labute approximate surface area is 59.6 Å². The molecule has 0 fully saturated rings. The lowest BCUT2D eigenvalue weighted by Crippen LogP contribution is -2.25. The quantitative estimate of drug-likeness (QED) is 0.561. The van der Waals surface area contributed by atoms with Crippen molar-refractivity contribution < 1.29 is 13.3 Å². The predicted octanol–water partition coefficient (Wildman–Crippen LogP) is -0.619. The van der Waals surface area contributed by atoms with Crippen LogP contribution in [0.1, 0.15) is 6.92 Å². The lowest BCUT2D eigenvalue weighted by atomic mass is 10.9. The van der Waals surface area contributed by atoms with Crippen LogP contribution in [0.25, 0.3) is 0 Å². The van der Waals surface area contributed by atoms with Gasteiger partial charge in [0.2, 0.25) is 10.0 Å². The van der Waals surface area contributed by atoms with Gasteiger partial charge in [-0.25, -0.2) is 8.42 Å². The summed E-state index contributed by atoms with van der Waals surface area (Å²) in [5, 5.41) is 7.98. The number of nitrogens with one attached hydrogen (secondary N) is 1. The van der Waals surface area contributed by atoms with Crippen molar-refractivity contribution in [3.05, 3.63) is 0 Å². The van der Waals surface area contributed by atoms with Crippen LogP contribution in [0.15, 0.2) is 0 Å². The smallest absolute Gasteiger partial charge is 0.246 e. The fourth-order valence-electron chi connectivity index (χ4n) is 0.263. The molecule has 0 bridgehead atoms. The molecule has 0 heterocycles. The van der Waals surface area contributed by atoms with Crippen LogP contribution in [0.5, 0.6) is 0 Å². The molecule has 1 N–H and O–H groups in total. The first-order valence-electron chi connectivity index (χ1n) is 2.60. The second-order valence-electron chi connectivity index (χ2n) is 1.43. The van der Waals surface area contributed by atoms with Crippen molar-refractivity contribution in [3.63, 3.8) is 0 Å². The lowest BCUT2D eigenvalue weighted by molar-refractivity contribution is 0.106. The van der Waals surface area contributed by atoms with Crippen LogP contribution in [0.3, 0.4) is 0 Å². The molecule has 58 valence electrons. The van der Waals surface area contributed by atoms with Gasteiger partial charge in [0, 0.05) is 0 Å². The molecule has 10 heavy (non-hydrogen) atoms. The van der Waals surface area contributed by atoms with Crippen LogP contribution >= 0.6 is 0 Å². The van der Waals surface area contributed by atoms with Crippen molar-refractivity contribution in [2.75, 3.05) is 12.4 Å². The van der Waals surface area contributed by atoms with Gasteiger partial charge in [-0.3, -0.25) is 4.84 Å². The number of nitrogens with zero attached hydrogens (tertiary/aromatic N) is 1. The van der Waals surface area contributed by atoms with Crippen molar-refractivity contribution in [1.82, 2.24) is 4.89 Å². The van der Waals surface area contributed by atoms with E-state index in [1.807, 2.05) is 0 Å². The Morgan fingerprint density at radius 3 is 2.70 bits per heavy atom. The Morgan fingerprint density at radius 1 is 1.70 bits per heavy atom. The highest BCUT2D eigenvalue weighted by Crippen LogP contribution is 1.80. The zero-order valence-electron chi connectivity index (χ0n) is 5.49. The number of nitriles is 1. The molecular formula is C4H8N2O3S. The maximum Gasteiger partial charge on any atom is 0.246 e. The summed E-state index contributed by atoms with van der Waals surface area (Å²) < 4.78 is 21.1. The van der Waals surface area contributed by atoms with E-state index in [-0.39, 0.29) is 6.61 Å². The van der Waals surface area contributed by atoms with Gasteiger partial charge in [0.15, 0.2) is 5.75 Å². The van der Waals surface area contributed by atoms with E-state index in [9.17, 15) is 8.42 Å². The second kappa shape index (κ2) is 4.22. The van der Waals surface area contributed by atoms with E-state index in [0.717, 1.165) is 0 Å². The van der Waals surface area contributed by atoms with Gasteiger partial charge in [-0.2, -0.15) is 5.26 Å². The van der Waals surface area contributed by atoms with Crippen molar-refractivity contribution in [2.24, 2.45) is 0 Å². The molecule has 0 saturated heterocycles. The molecule has 0 spiro atoms. The molecule has 0 rings (SSSR count). The minimum Gasteiger partial charge on any atom is -0.287 e. The molecule has 0 aliphatic heterocycles. The second-order valence-corrected chi connectivity index (χ2v) is 3.12. The summed E-state index contributed by atoms with van der Waals surface area (Å²) in [6.07, 6.45) is 0. The van der Waals surface area contributed by atoms with Gasteiger partial charge in [-0.05, 0) is 6.92 Å². The van der Waals surface area contributed by atoms with Crippen LogP contribution in [0, 0.1) is 11.3 Å². The Hall–Kier alpha value is -0.640. The molecule has 0 saturated carbocycles. The van der Waals surface area contributed by atoms with Crippen LogP contribution < -0.4 is 4.89 Å². The summed E-state index contributed by atoms with van der Waals surface area (Å²) in [6, 6.07) is 1.49. The number of rotatable bonds is 4. The average molecular weight is 164 g/mol. The summed E-state index contributed by atoms with van der Waals surface area (Å²) in [5.74, 6) is -0.576. The Balaban J connectivity index is 3.80. The third-order valence-corrected chi connectivity index (χ3v) is 1.47. The number of hydrogen-bond acceptors (Lipinski definition) is 4. The Kier molecular flexibility index (Phi) is 3.95. The molecule has 5 nitrogen and oxygen atoms in total. The summed E-state index contributed by atoms with van der Waals surface area (Å²) >= 11 is 0. The topological polar surface area (TPSA) is 79.2 Å². The maximum absolute atomic E-state index is 10.5. The molecule has 0 aliphatic carbocycles. The fourth-order valence-corrected chi connectivity index (χ4v) is 0.789. The van der Waals surface area contributed by atoms with Crippen molar-refractivity contribution >= 4 is 10.0 Å². The van der Waals surface area contributed by atoms with Crippen LogP contribution in [-0.4, -0.2) is 20.8 Å². The van der Waals surface area contributed by atoms with Crippen LogP contribution in [0.4, 0.5) is 0 Å². The molecule has 0 aromatic rings. The first-order valence-corrected chi connectivity index (χ1v) is 4.26. The molecule has 0 aromatic carbocycles. The predicted molar refractivity (Wildman–Crippen MR) is 34.2 cm³/mol. The molecular weight excluding hydrogens is 156 g/mol. The Bertz CT molecular complexity index is 215. The van der Waals surface area contributed by atoms with Crippen LogP contribution in [-0.2, 0) is 14.9 Å². The minimum absolute atomic E-state index is 0.241. The molecule has 6 heteroatoms. The first-order chi connectivity index (χ1) is 4.62. The number of hydrogen-bond donors (Lipinski definition) is 1. The van der Waals surface area contributed by atoms with Gasteiger partial charge >= 0.3 is 0 Å². The van der Waals surface area contributed by atoms with Gasteiger partial charge in [-0.15, -0.1) is 0 Å². The highest BCUT2D eigenvalue weighted by atomic mass is 32.2. The van der Waals surface area contributed by atoms with E-state index in [2.05, 4.69) is 4.84 Å². The first kappa shape index (κ1) is 9.36. The standard InChI is InChI=1S/C4H8N2O3S/c1-2-9-6-10(7,8)4-3-5/h6H,2,4H2,1H3. The van der Waals surface area contributed by atoms with Gasteiger partial charge in [0.05, 0.1) is 12.7 Å². The largest absolute Gasteiger partial charge is 0.287 e. The molecule has 0 amide bonds. The molecule has 0 unspecified atom stereocenters. The molecule has 0 aromatic heterocycles. The van der Waals surface area contributed by atoms with E-state index in [1.165, 1.54) is 6.07 Å². The molecule has 0 atom stereocenters. The highest BCUT2D eigenvalue weighted by Gasteiger charge is 2.06. The van der Waals surface area contributed by atoms with E-state index >= 15 is 0 Å². The van der Waals surface area contributed by atoms with E-state index < -0.39 is 15.8 Å². The Morgan fingerprint density at radius 2 is 2.30 bits per heavy atom. The van der Waals surface area contributed by atoms with E-state index in [1.54, 1.807) is 11.8 Å². The van der Waals surface area contributed by atoms with Crippen LogP contribution in [0.2, 0.25) is 0 Å². The normalized spacial score (nSPS) is 10.8. The van der Waals surface area contributed by atoms with E-state index in [0.29, 0.717) is 0 Å². The average Bonchev–Trinajstić information content (AvgIpc) is 1.84. The summed E-state index contributed by atoms with van der Waals surface area (Å²) in [7, 11) is -3.53. The monoisotopic (exact) mass is 164 g/mol. The fraction of sp³-hybridized carbons (Fsp3) is 0.750. The summed E-state index contributed by atoms with van der Waals surface area (Å²) in [4.78, 5) is 6.12. The van der Waals surface area contributed by atoms with Gasteiger partial charge in [0.25, 0.3) is 0 Å². The van der Waals surface area contributed by atoms with Crippen molar-refractivity contribution in [2.45, 2.75) is 6.92 Å². The third kappa shape index (κ3) is 4.26. The zero-order valence-corrected chi connectivity index (χ0v) is 6.31. The maximum atomic E-state index is 10.5. The molecule has 0 aliphatic rings. The van der Waals surface area contributed by atoms with Crippen molar-refractivity contribution in [3.8, 4) is 6.07 Å². The van der Waals surface area contributed by atoms with Gasteiger partial charge in [-0.1, -0.05) is 4.89 Å². The molecule has 0 radical (unpaired) electrons. The lowest BCUT2D eigenvalue weighted by Gasteiger charge is -1.99. The van der Waals surface area contributed by atoms with Gasteiger partial charge in [0.1, 0.15) is 0 Å². The summed E-state index contributed by atoms with van der Waals surface area (Å²) in [5.41, 5.74) is 0. The zero-order chi connectivity index (χ0) is 8.04. The number of sulfonamides is 1. The SMILES string of the molecule is CCONS(=O)(=O)CC#N. The van der Waals surface area contributed by atoms with Crippen molar-refractivity contribution in [1.29, 1.82) is 5.26 Å². The minimum atomic E-state index is -3.53. The summed E-state index contributed by atoms with van der Waals surface area (Å²) in [6.45, 7) is 1.87.